The van der Waals surface area contributed by atoms with Gasteiger partial charge in [0.05, 0.1) is 12.7 Å². The van der Waals surface area contributed by atoms with Gasteiger partial charge >= 0.3 is 0 Å². The molecule has 2 heteroatoms. The molecule has 0 amide bonds. The number of quaternary nitrogens is 1. The van der Waals surface area contributed by atoms with E-state index in [1.165, 1.54) is 63.6 Å². The average Bonchev–Trinajstić information content (AvgIpc) is 2.81. The lowest BCUT2D eigenvalue weighted by molar-refractivity contribution is -0.802. The first-order chi connectivity index (χ1) is 8.84. The van der Waals surface area contributed by atoms with Gasteiger partial charge in [-0.2, -0.15) is 0 Å². The molecule has 0 fully saturated rings. The van der Waals surface area contributed by atoms with Gasteiger partial charge in [0.2, 0.25) is 0 Å². The van der Waals surface area contributed by atoms with E-state index in [-0.39, 0.29) is 0 Å². The van der Waals surface area contributed by atoms with E-state index < -0.39 is 0 Å². The number of hydrogen-bond acceptors (Lipinski definition) is 1. The van der Waals surface area contributed by atoms with Crippen molar-refractivity contribution < 1.29 is 4.90 Å². The molecule has 0 aromatic heterocycles. The molecule has 1 unspecified atom stereocenters. The highest BCUT2D eigenvalue weighted by Crippen LogP contribution is 2.07. The third-order valence-corrected chi connectivity index (χ3v) is 3.45. The number of nitrogens with one attached hydrogen (secondary N) is 1. The molecule has 0 aliphatic carbocycles. The smallest absolute Gasteiger partial charge is 0.109 e. The molecule has 0 spiro atoms. The topological polar surface area (TPSA) is 28.2 Å². The predicted molar refractivity (Wildman–Crippen MR) is 76.3 cm³/mol. The van der Waals surface area contributed by atoms with Gasteiger partial charge in [-0.15, -0.1) is 0 Å². The van der Waals surface area contributed by atoms with Crippen molar-refractivity contribution in [3.05, 3.63) is 30.6 Å². The zero-order chi connectivity index (χ0) is 13.6. The number of allylic oxidation sites excluding steroid dienone is 3. The van der Waals surface area contributed by atoms with E-state index in [1.54, 1.807) is 4.90 Å². The summed E-state index contributed by atoms with van der Waals surface area (Å²) in [6.07, 6.45) is 18.0. The van der Waals surface area contributed by atoms with Gasteiger partial charge in [0.15, 0.2) is 0 Å². The molecule has 0 aromatic rings. The summed E-state index contributed by atoms with van der Waals surface area (Å²) >= 11 is 0. The Morgan fingerprint density at radius 2 is 1.56 bits per heavy atom. The van der Waals surface area contributed by atoms with E-state index in [1.807, 2.05) is 0 Å². The molecule has 1 aliphatic heterocycles. The molecule has 18 heavy (non-hydrogen) atoms. The lowest BCUT2D eigenvalue weighted by atomic mass is 10.1. The van der Waals surface area contributed by atoms with Crippen LogP contribution in [0.5, 0.6) is 0 Å². The van der Waals surface area contributed by atoms with Crippen LogP contribution in [0.15, 0.2) is 24.0 Å². The molecule has 0 aromatic carbocycles. The highest BCUT2D eigenvalue weighted by Gasteiger charge is 2.10. The van der Waals surface area contributed by atoms with Gasteiger partial charge < -0.3 is 11.8 Å². The summed E-state index contributed by atoms with van der Waals surface area (Å²) in [5.41, 5.74) is 1.47. The van der Waals surface area contributed by atoms with Crippen molar-refractivity contribution >= 4 is 0 Å². The Kier molecular flexibility index (Phi) is 11.7. The molecule has 0 radical (unpaired) electrons. The van der Waals surface area contributed by atoms with Crippen molar-refractivity contribution in [2.24, 2.45) is 0 Å². The van der Waals surface area contributed by atoms with Gasteiger partial charge in [-0.05, 0) is 25.0 Å². The Labute approximate surface area is 113 Å². The maximum Gasteiger partial charge on any atom is 0.109 e. The Morgan fingerprint density at radius 1 is 1.00 bits per heavy atom. The third-order valence-electron chi connectivity index (χ3n) is 3.45. The van der Waals surface area contributed by atoms with E-state index in [0.717, 1.165) is 0 Å². The fraction of sp³-hybridized carbons (Fsp3) is 0.688. The Hall–Kier alpha value is -1.07. The van der Waals surface area contributed by atoms with Crippen LogP contribution in [0.25, 0.3) is 0 Å². The lowest BCUT2D eigenvalue weighted by Gasteiger charge is -2.10. The van der Waals surface area contributed by atoms with Crippen LogP contribution in [0.3, 0.4) is 0 Å². The monoisotopic (exact) mass is 248 g/mol. The first-order valence-electron chi connectivity index (χ1n) is 7.28. The van der Waals surface area contributed by atoms with Gasteiger partial charge in [-0.3, -0.25) is 4.90 Å². The standard InChI is InChI=1S/C15H27N.CN/c1-3-4-5-6-7-8-9-10-13-16-14-11-12-15(16)2;1-2/h11-12,14H,3-10,13H2,1-2H3;/q;-1/p+1. The van der Waals surface area contributed by atoms with Crippen LogP contribution < -0.4 is 4.90 Å². The third kappa shape index (κ3) is 8.08. The zero-order valence-electron chi connectivity index (χ0n) is 12.0. The summed E-state index contributed by atoms with van der Waals surface area (Å²) in [4.78, 5) is 1.56. The van der Waals surface area contributed by atoms with E-state index in [9.17, 15) is 0 Å². The van der Waals surface area contributed by atoms with Crippen LogP contribution in [0.4, 0.5) is 0 Å². The normalized spacial score (nSPS) is 17.1. The summed E-state index contributed by atoms with van der Waals surface area (Å²) in [6.45, 7) is 10.5. The van der Waals surface area contributed by atoms with Gasteiger partial charge in [0, 0.05) is 6.92 Å². The van der Waals surface area contributed by atoms with E-state index in [0.29, 0.717) is 0 Å². The predicted octanol–water partition coefficient (Wildman–Crippen LogP) is 3.54. The zero-order valence-corrected chi connectivity index (χ0v) is 12.0. The lowest BCUT2D eigenvalue weighted by Crippen LogP contribution is -3.04. The number of hydrogen-bond donors (Lipinski definition) is 1. The molecule has 1 aliphatic rings. The molecule has 1 N–H and O–H groups in total. The summed E-state index contributed by atoms with van der Waals surface area (Å²) in [6, 6.07) is 0. The van der Waals surface area contributed by atoms with Crippen molar-refractivity contribution in [3.63, 3.8) is 0 Å². The fourth-order valence-corrected chi connectivity index (χ4v) is 2.28. The summed E-state index contributed by atoms with van der Waals surface area (Å²) in [7, 11) is 0. The summed E-state index contributed by atoms with van der Waals surface area (Å²) < 4.78 is 0. The number of nitrogens with zero attached hydrogens (tertiary/aromatic N) is 1. The first kappa shape index (κ1) is 16.9. The second kappa shape index (κ2) is 12.4. The molecule has 1 atom stereocenters. The van der Waals surface area contributed by atoms with Gasteiger partial charge in [-0.1, -0.05) is 45.4 Å². The second-order valence-corrected chi connectivity index (χ2v) is 4.96. The Balaban J connectivity index is 0.00000137. The maximum atomic E-state index is 6.25. The van der Waals surface area contributed by atoms with Gasteiger partial charge in [-0.25, -0.2) is 0 Å². The van der Waals surface area contributed by atoms with Crippen LogP contribution >= 0.6 is 0 Å². The summed E-state index contributed by atoms with van der Waals surface area (Å²) in [5, 5.41) is 6.25. The van der Waals surface area contributed by atoms with Crippen molar-refractivity contribution in [3.8, 4) is 0 Å². The molecule has 2 nitrogen and oxygen atoms in total. The van der Waals surface area contributed by atoms with Crippen LogP contribution in [-0.2, 0) is 0 Å². The minimum atomic E-state index is 1.29. The Morgan fingerprint density at radius 3 is 2.06 bits per heavy atom. The fourth-order valence-electron chi connectivity index (χ4n) is 2.28. The quantitative estimate of drug-likeness (QED) is 0.490. The molecule has 1 rings (SSSR count). The van der Waals surface area contributed by atoms with Gasteiger partial charge in [0.25, 0.3) is 0 Å². The van der Waals surface area contributed by atoms with Crippen LogP contribution in [0.1, 0.15) is 65.2 Å². The minimum Gasteiger partial charge on any atom is -0.512 e. The van der Waals surface area contributed by atoms with Crippen molar-refractivity contribution in [1.29, 1.82) is 5.26 Å². The molecule has 0 bridgehead atoms. The number of unbranched alkanes of at least 4 members (excludes halogenated alkanes) is 7. The maximum absolute atomic E-state index is 6.25. The summed E-state index contributed by atoms with van der Waals surface area (Å²) in [5.74, 6) is 0. The molecule has 0 saturated carbocycles. The minimum absolute atomic E-state index is 1.29. The Bertz CT molecular complexity index is 264. The SMILES string of the molecule is CCCCCCCCCC[NH+]1C=CC=C1C.[C-]#N. The molecular formula is C16H28N2. The van der Waals surface area contributed by atoms with E-state index in [2.05, 4.69) is 32.2 Å². The highest BCUT2D eigenvalue weighted by atomic mass is 15.1. The van der Waals surface area contributed by atoms with Crippen molar-refractivity contribution in [2.75, 3.05) is 6.54 Å². The average molecular weight is 248 g/mol. The van der Waals surface area contributed by atoms with Crippen molar-refractivity contribution in [2.45, 2.75) is 65.2 Å². The van der Waals surface area contributed by atoms with Gasteiger partial charge in [0.1, 0.15) is 5.70 Å². The first-order valence-corrected chi connectivity index (χ1v) is 7.28. The van der Waals surface area contributed by atoms with Crippen LogP contribution in [0, 0.1) is 11.8 Å². The largest absolute Gasteiger partial charge is 0.512 e. The number of rotatable bonds is 9. The van der Waals surface area contributed by atoms with Crippen molar-refractivity contribution in [1.82, 2.24) is 0 Å². The van der Waals surface area contributed by atoms with Crippen LogP contribution in [-0.4, -0.2) is 6.54 Å². The van der Waals surface area contributed by atoms with E-state index >= 15 is 0 Å². The van der Waals surface area contributed by atoms with Crippen LogP contribution in [0.2, 0.25) is 0 Å². The highest BCUT2D eigenvalue weighted by molar-refractivity contribution is 5.08. The molecule has 0 saturated heterocycles. The second-order valence-electron chi connectivity index (χ2n) is 4.96. The van der Waals surface area contributed by atoms with E-state index in [4.69, 9.17) is 11.8 Å². The molecule has 1 heterocycles. The molecular weight excluding hydrogens is 220 g/mol. The molecule has 102 valence electrons.